The number of rotatable bonds is 6. The molecule has 7 nitrogen and oxygen atoms in total. The number of hydrogen-bond acceptors (Lipinski definition) is 5. The van der Waals surface area contributed by atoms with Crippen molar-refractivity contribution in [3.05, 3.63) is 97.9 Å². The molecule has 136 valence electrons. The van der Waals surface area contributed by atoms with Crippen LogP contribution < -0.4 is 10.9 Å². The SMILES string of the molecule is O=c1c(Cl)c(NC/C=C/c2ccccc2)cnn1-c1ccc([N+](=O)[O-])cc1. The van der Waals surface area contributed by atoms with Crippen molar-refractivity contribution >= 4 is 29.1 Å². The molecule has 0 saturated carbocycles. The van der Waals surface area contributed by atoms with Gasteiger partial charge in [0.2, 0.25) is 0 Å². The number of nitrogens with one attached hydrogen (secondary N) is 1. The minimum Gasteiger partial charge on any atom is -0.379 e. The summed E-state index contributed by atoms with van der Waals surface area (Å²) in [5, 5.41) is 17.8. The number of anilines is 1. The maximum atomic E-state index is 12.4. The van der Waals surface area contributed by atoms with Crippen molar-refractivity contribution in [1.29, 1.82) is 0 Å². The quantitative estimate of drug-likeness (QED) is 0.515. The standard InChI is InChI=1S/C19H15ClN4O3/c20-18-17(21-12-4-7-14-5-2-1-3-6-14)13-22-23(19(18)25)15-8-10-16(11-9-15)24(26)27/h1-11,13,21H,12H2/b7-4+. The number of nitro benzene ring substituents is 1. The van der Waals surface area contributed by atoms with E-state index in [1.807, 2.05) is 42.5 Å². The van der Waals surface area contributed by atoms with Gasteiger partial charge in [-0.2, -0.15) is 9.78 Å². The first-order valence-electron chi connectivity index (χ1n) is 8.04. The van der Waals surface area contributed by atoms with E-state index in [1.165, 1.54) is 30.5 Å². The predicted molar refractivity (Wildman–Crippen MR) is 105 cm³/mol. The Morgan fingerprint density at radius 2 is 1.85 bits per heavy atom. The summed E-state index contributed by atoms with van der Waals surface area (Å²) in [6, 6.07) is 15.3. The third-order valence-electron chi connectivity index (χ3n) is 3.74. The smallest absolute Gasteiger partial charge is 0.292 e. The fourth-order valence-electron chi connectivity index (χ4n) is 2.38. The summed E-state index contributed by atoms with van der Waals surface area (Å²) in [7, 11) is 0. The van der Waals surface area contributed by atoms with E-state index in [2.05, 4.69) is 10.4 Å². The van der Waals surface area contributed by atoms with Crippen molar-refractivity contribution in [2.45, 2.75) is 0 Å². The van der Waals surface area contributed by atoms with Crippen LogP contribution in [0.3, 0.4) is 0 Å². The van der Waals surface area contributed by atoms with Gasteiger partial charge in [-0.1, -0.05) is 54.1 Å². The molecule has 0 radical (unpaired) electrons. The summed E-state index contributed by atoms with van der Waals surface area (Å²) in [6.45, 7) is 0.470. The summed E-state index contributed by atoms with van der Waals surface area (Å²) in [5.74, 6) is 0. The van der Waals surface area contributed by atoms with Crippen molar-refractivity contribution in [2.75, 3.05) is 11.9 Å². The molecule has 8 heteroatoms. The van der Waals surface area contributed by atoms with Crippen LogP contribution in [0, 0.1) is 10.1 Å². The van der Waals surface area contributed by atoms with E-state index in [-0.39, 0.29) is 10.7 Å². The van der Waals surface area contributed by atoms with E-state index in [4.69, 9.17) is 11.6 Å². The van der Waals surface area contributed by atoms with E-state index >= 15 is 0 Å². The molecule has 0 bridgehead atoms. The average Bonchev–Trinajstić information content (AvgIpc) is 2.69. The first kappa shape index (κ1) is 18.3. The summed E-state index contributed by atoms with van der Waals surface area (Å²) >= 11 is 6.16. The monoisotopic (exact) mass is 382 g/mol. The summed E-state index contributed by atoms with van der Waals surface area (Å²) in [4.78, 5) is 22.6. The van der Waals surface area contributed by atoms with Crippen LogP contribution in [0.25, 0.3) is 11.8 Å². The topological polar surface area (TPSA) is 90.1 Å². The minimum absolute atomic E-state index is 0.00327. The number of nitro groups is 1. The lowest BCUT2D eigenvalue weighted by atomic mass is 10.2. The average molecular weight is 383 g/mol. The summed E-state index contributed by atoms with van der Waals surface area (Å²) in [6.07, 6.45) is 5.31. The van der Waals surface area contributed by atoms with Crippen molar-refractivity contribution in [3.8, 4) is 5.69 Å². The highest BCUT2D eigenvalue weighted by molar-refractivity contribution is 6.32. The molecule has 27 heavy (non-hydrogen) atoms. The number of nitrogens with zero attached hydrogens (tertiary/aromatic N) is 3. The zero-order valence-corrected chi connectivity index (χ0v) is 14.8. The van der Waals surface area contributed by atoms with E-state index in [0.717, 1.165) is 10.2 Å². The Hall–Kier alpha value is -3.45. The van der Waals surface area contributed by atoms with Crippen LogP contribution >= 0.6 is 11.6 Å². The third-order valence-corrected chi connectivity index (χ3v) is 4.11. The summed E-state index contributed by atoms with van der Waals surface area (Å²) in [5.41, 5.74) is 1.29. The predicted octanol–water partition coefficient (Wildman–Crippen LogP) is 3.92. The second kappa shape index (κ2) is 8.29. The van der Waals surface area contributed by atoms with Crippen LogP contribution in [0.5, 0.6) is 0 Å². The Bertz CT molecular complexity index is 1030. The molecule has 3 rings (SSSR count). The largest absolute Gasteiger partial charge is 0.379 e. The molecule has 0 unspecified atom stereocenters. The fraction of sp³-hybridized carbons (Fsp3) is 0.0526. The van der Waals surface area contributed by atoms with Crippen LogP contribution in [0.2, 0.25) is 5.02 Å². The van der Waals surface area contributed by atoms with Gasteiger partial charge in [0.15, 0.2) is 0 Å². The van der Waals surface area contributed by atoms with Gasteiger partial charge >= 0.3 is 0 Å². The lowest BCUT2D eigenvalue weighted by Crippen LogP contribution is -2.22. The van der Waals surface area contributed by atoms with Crippen molar-refractivity contribution in [1.82, 2.24) is 9.78 Å². The molecule has 1 heterocycles. The van der Waals surface area contributed by atoms with Crippen LogP contribution in [0.15, 0.2) is 71.7 Å². The molecule has 0 fully saturated rings. The molecule has 2 aromatic carbocycles. The van der Waals surface area contributed by atoms with Gasteiger partial charge in [-0.25, -0.2) is 0 Å². The molecule has 1 aromatic heterocycles. The Morgan fingerprint density at radius 3 is 2.52 bits per heavy atom. The van der Waals surface area contributed by atoms with E-state index in [0.29, 0.717) is 17.9 Å². The van der Waals surface area contributed by atoms with Gasteiger partial charge in [-0.3, -0.25) is 14.9 Å². The van der Waals surface area contributed by atoms with Crippen LogP contribution in [-0.2, 0) is 0 Å². The van der Waals surface area contributed by atoms with E-state index in [1.54, 1.807) is 0 Å². The lowest BCUT2D eigenvalue weighted by Gasteiger charge is -2.09. The van der Waals surface area contributed by atoms with Crippen molar-refractivity contribution in [2.24, 2.45) is 0 Å². The highest BCUT2D eigenvalue weighted by Crippen LogP contribution is 2.18. The maximum absolute atomic E-state index is 12.4. The van der Waals surface area contributed by atoms with Crippen LogP contribution in [-0.4, -0.2) is 21.2 Å². The van der Waals surface area contributed by atoms with E-state index in [9.17, 15) is 14.9 Å². The van der Waals surface area contributed by atoms with Crippen molar-refractivity contribution < 1.29 is 4.92 Å². The third kappa shape index (κ3) is 4.39. The molecule has 0 aliphatic rings. The lowest BCUT2D eigenvalue weighted by molar-refractivity contribution is -0.384. The Morgan fingerprint density at radius 1 is 1.15 bits per heavy atom. The second-order valence-corrected chi connectivity index (χ2v) is 5.93. The fourth-order valence-corrected chi connectivity index (χ4v) is 2.58. The Kier molecular flexibility index (Phi) is 5.63. The number of hydrogen-bond donors (Lipinski definition) is 1. The zero-order valence-electron chi connectivity index (χ0n) is 14.1. The molecule has 1 N–H and O–H groups in total. The highest BCUT2D eigenvalue weighted by Gasteiger charge is 2.11. The molecule has 3 aromatic rings. The highest BCUT2D eigenvalue weighted by atomic mass is 35.5. The molecule has 0 aliphatic heterocycles. The van der Waals surface area contributed by atoms with Crippen molar-refractivity contribution in [3.63, 3.8) is 0 Å². The number of aromatic nitrogens is 2. The molecule has 0 atom stereocenters. The number of benzene rings is 2. The first-order chi connectivity index (χ1) is 13.1. The van der Waals surface area contributed by atoms with Gasteiger partial charge in [0, 0.05) is 18.7 Å². The molecule has 0 aliphatic carbocycles. The van der Waals surface area contributed by atoms with Crippen LogP contribution in [0.1, 0.15) is 5.56 Å². The zero-order chi connectivity index (χ0) is 19.2. The molecule has 0 amide bonds. The van der Waals surface area contributed by atoms with Gasteiger partial charge in [-0.15, -0.1) is 0 Å². The van der Waals surface area contributed by atoms with Gasteiger partial charge in [0.1, 0.15) is 5.02 Å². The minimum atomic E-state index is -0.512. The second-order valence-electron chi connectivity index (χ2n) is 5.56. The number of halogens is 1. The van der Waals surface area contributed by atoms with E-state index < -0.39 is 10.5 Å². The van der Waals surface area contributed by atoms with Gasteiger partial charge in [0.05, 0.1) is 22.5 Å². The maximum Gasteiger partial charge on any atom is 0.292 e. The van der Waals surface area contributed by atoms with Gasteiger partial charge in [-0.05, 0) is 17.7 Å². The molecule has 0 spiro atoms. The molecular weight excluding hydrogens is 368 g/mol. The van der Waals surface area contributed by atoms with Gasteiger partial charge in [0.25, 0.3) is 11.2 Å². The number of non-ortho nitro benzene ring substituents is 1. The van der Waals surface area contributed by atoms with Crippen LogP contribution in [0.4, 0.5) is 11.4 Å². The first-order valence-corrected chi connectivity index (χ1v) is 8.42. The Labute approximate surface area is 159 Å². The Balaban J connectivity index is 1.74. The molecule has 0 saturated heterocycles. The normalized spacial score (nSPS) is 10.9. The molecular formula is C19H15ClN4O3. The van der Waals surface area contributed by atoms with Gasteiger partial charge < -0.3 is 5.32 Å². The summed E-state index contributed by atoms with van der Waals surface area (Å²) < 4.78 is 1.09.